The number of aliphatic hydroxyl groups is 1. The molecule has 1 rings (SSSR count). The van der Waals surface area contributed by atoms with E-state index in [1.54, 1.807) is 0 Å². The lowest BCUT2D eigenvalue weighted by Crippen LogP contribution is -2.46. The monoisotopic (exact) mass is 227 g/mol. The van der Waals surface area contributed by atoms with E-state index in [4.69, 9.17) is 0 Å². The second kappa shape index (κ2) is 5.67. The van der Waals surface area contributed by atoms with Gasteiger partial charge in [0.2, 0.25) is 5.91 Å². The number of rotatable bonds is 4. The summed E-state index contributed by atoms with van der Waals surface area (Å²) in [6.45, 7) is 6.56. The maximum absolute atomic E-state index is 11.6. The third kappa shape index (κ3) is 3.78. The van der Waals surface area contributed by atoms with Gasteiger partial charge in [-0.3, -0.25) is 4.79 Å². The van der Waals surface area contributed by atoms with E-state index in [0.717, 1.165) is 32.1 Å². The minimum absolute atomic E-state index is 0.0473. The van der Waals surface area contributed by atoms with Gasteiger partial charge in [0.25, 0.3) is 0 Å². The summed E-state index contributed by atoms with van der Waals surface area (Å²) < 4.78 is 0. The van der Waals surface area contributed by atoms with Crippen LogP contribution in [0.15, 0.2) is 0 Å². The van der Waals surface area contributed by atoms with Crippen molar-refractivity contribution in [2.24, 2.45) is 11.8 Å². The van der Waals surface area contributed by atoms with Gasteiger partial charge in [0, 0.05) is 12.5 Å². The molecule has 1 fully saturated rings. The molecular weight excluding hydrogens is 202 g/mol. The quantitative estimate of drug-likeness (QED) is 0.772. The molecule has 1 amide bonds. The van der Waals surface area contributed by atoms with Crippen molar-refractivity contribution in [2.45, 2.75) is 58.5 Å². The smallest absolute Gasteiger partial charge is 0.222 e. The van der Waals surface area contributed by atoms with Crippen molar-refractivity contribution in [3.63, 3.8) is 0 Å². The zero-order valence-electron chi connectivity index (χ0n) is 10.8. The minimum Gasteiger partial charge on any atom is -0.388 e. The lowest BCUT2D eigenvalue weighted by molar-refractivity contribution is -0.126. The Morgan fingerprint density at radius 2 is 2.06 bits per heavy atom. The lowest BCUT2D eigenvalue weighted by Gasteiger charge is -2.35. The Bertz CT molecular complexity index is 232. The van der Waals surface area contributed by atoms with Gasteiger partial charge in [-0.1, -0.05) is 20.8 Å². The Kier molecular flexibility index (Phi) is 4.78. The maximum atomic E-state index is 11.6. The molecule has 94 valence electrons. The number of amides is 1. The van der Waals surface area contributed by atoms with Crippen LogP contribution in [0.4, 0.5) is 0 Å². The first kappa shape index (κ1) is 13.5. The van der Waals surface area contributed by atoms with E-state index in [2.05, 4.69) is 12.2 Å². The van der Waals surface area contributed by atoms with Gasteiger partial charge in [-0.2, -0.15) is 0 Å². The summed E-state index contributed by atoms with van der Waals surface area (Å²) in [5.41, 5.74) is -0.657. The van der Waals surface area contributed by atoms with E-state index in [1.165, 1.54) is 0 Å². The van der Waals surface area contributed by atoms with E-state index < -0.39 is 5.60 Å². The van der Waals surface area contributed by atoms with Gasteiger partial charge in [0.05, 0.1) is 5.60 Å². The van der Waals surface area contributed by atoms with Crippen LogP contribution in [-0.4, -0.2) is 23.2 Å². The standard InChI is InChI=1S/C13H25NO2/c1-4-11(3)12(15)14-9-13(16)7-5-10(2)6-8-13/h10-11,16H,4-9H2,1-3H3,(H,14,15). The molecule has 16 heavy (non-hydrogen) atoms. The first-order valence-corrected chi connectivity index (χ1v) is 6.47. The van der Waals surface area contributed by atoms with Crippen LogP contribution >= 0.6 is 0 Å². The Morgan fingerprint density at radius 1 is 1.50 bits per heavy atom. The second-order valence-electron chi connectivity index (χ2n) is 5.43. The van der Waals surface area contributed by atoms with Crippen LogP contribution in [0, 0.1) is 11.8 Å². The normalized spacial score (nSPS) is 32.1. The lowest BCUT2D eigenvalue weighted by atomic mass is 9.79. The Labute approximate surface area is 98.6 Å². The fraction of sp³-hybridized carbons (Fsp3) is 0.923. The molecule has 2 N–H and O–H groups in total. The number of nitrogens with one attached hydrogen (secondary N) is 1. The molecule has 0 bridgehead atoms. The summed E-state index contributed by atoms with van der Waals surface area (Å²) >= 11 is 0. The summed E-state index contributed by atoms with van der Waals surface area (Å²) in [6.07, 6.45) is 4.61. The molecule has 0 aromatic rings. The van der Waals surface area contributed by atoms with E-state index in [-0.39, 0.29) is 11.8 Å². The minimum atomic E-state index is -0.657. The number of hydrogen-bond donors (Lipinski definition) is 2. The second-order valence-corrected chi connectivity index (χ2v) is 5.43. The third-order valence-corrected chi connectivity index (χ3v) is 3.86. The predicted molar refractivity (Wildman–Crippen MR) is 65.0 cm³/mol. The fourth-order valence-corrected chi connectivity index (χ4v) is 2.09. The maximum Gasteiger partial charge on any atom is 0.222 e. The molecule has 1 atom stereocenters. The summed E-state index contributed by atoms with van der Waals surface area (Å²) in [6, 6.07) is 0. The average Bonchev–Trinajstić information content (AvgIpc) is 2.29. The zero-order chi connectivity index (χ0) is 12.2. The SMILES string of the molecule is CCC(C)C(=O)NCC1(O)CCC(C)CC1. The largest absolute Gasteiger partial charge is 0.388 e. The first-order chi connectivity index (χ1) is 7.47. The van der Waals surface area contributed by atoms with E-state index in [9.17, 15) is 9.90 Å². The summed E-state index contributed by atoms with van der Waals surface area (Å²) in [7, 11) is 0. The van der Waals surface area contributed by atoms with Gasteiger partial charge in [0.15, 0.2) is 0 Å². The molecule has 0 saturated heterocycles. The van der Waals surface area contributed by atoms with Crippen LogP contribution in [0.25, 0.3) is 0 Å². The Balaban J connectivity index is 2.34. The van der Waals surface area contributed by atoms with Gasteiger partial charge in [-0.15, -0.1) is 0 Å². The van der Waals surface area contributed by atoms with Crippen molar-refractivity contribution in [3.05, 3.63) is 0 Å². The van der Waals surface area contributed by atoms with Gasteiger partial charge in [-0.05, 0) is 38.0 Å². The molecule has 0 radical (unpaired) electrons. The fourth-order valence-electron chi connectivity index (χ4n) is 2.09. The number of hydrogen-bond acceptors (Lipinski definition) is 2. The van der Waals surface area contributed by atoms with Crippen LogP contribution in [0.1, 0.15) is 52.9 Å². The third-order valence-electron chi connectivity index (χ3n) is 3.86. The van der Waals surface area contributed by atoms with Crippen molar-refractivity contribution >= 4 is 5.91 Å². The average molecular weight is 227 g/mol. The topological polar surface area (TPSA) is 49.3 Å². The highest BCUT2D eigenvalue weighted by atomic mass is 16.3. The number of carbonyl (C=O) groups is 1. The molecule has 1 unspecified atom stereocenters. The van der Waals surface area contributed by atoms with Crippen LogP contribution < -0.4 is 5.32 Å². The molecule has 0 heterocycles. The van der Waals surface area contributed by atoms with Crippen LogP contribution in [-0.2, 0) is 4.79 Å². The highest BCUT2D eigenvalue weighted by Crippen LogP contribution is 2.31. The van der Waals surface area contributed by atoms with Gasteiger partial charge in [0.1, 0.15) is 0 Å². The predicted octanol–water partition coefficient (Wildman–Crippen LogP) is 2.09. The van der Waals surface area contributed by atoms with Crippen molar-refractivity contribution in [1.29, 1.82) is 0 Å². The van der Waals surface area contributed by atoms with E-state index >= 15 is 0 Å². The summed E-state index contributed by atoms with van der Waals surface area (Å²) in [5, 5.41) is 13.1. The number of carbonyl (C=O) groups excluding carboxylic acids is 1. The van der Waals surface area contributed by atoms with Crippen LogP contribution in [0.5, 0.6) is 0 Å². The Hall–Kier alpha value is -0.570. The van der Waals surface area contributed by atoms with Crippen molar-refractivity contribution in [2.75, 3.05) is 6.54 Å². The van der Waals surface area contributed by atoms with Gasteiger partial charge >= 0.3 is 0 Å². The summed E-state index contributed by atoms with van der Waals surface area (Å²) in [5.74, 6) is 0.825. The first-order valence-electron chi connectivity index (χ1n) is 6.47. The molecule has 0 aliphatic heterocycles. The highest BCUT2D eigenvalue weighted by Gasteiger charge is 2.32. The Morgan fingerprint density at radius 3 is 2.56 bits per heavy atom. The zero-order valence-corrected chi connectivity index (χ0v) is 10.8. The van der Waals surface area contributed by atoms with E-state index in [1.807, 2.05) is 13.8 Å². The van der Waals surface area contributed by atoms with Crippen LogP contribution in [0.2, 0.25) is 0 Å². The van der Waals surface area contributed by atoms with Crippen molar-refractivity contribution < 1.29 is 9.90 Å². The van der Waals surface area contributed by atoms with E-state index in [0.29, 0.717) is 12.5 Å². The molecule has 0 aromatic heterocycles. The van der Waals surface area contributed by atoms with Crippen LogP contribution in [0.3, 0.4) is 0 Å². The molecule has 0 aromatic carbocycles. The molecule has 0 spiro atoms. The molecule has 3 heteroatoms. The molecule has 1 aliphatic carbocycles. The van der Waals surface area contributed by atoms with Crippen molar-refractivity contribution in [1.82, 2.24) is 5.32 Å². The van der Waals surface area contributed by atoms with Gasteiger partial charge in [-0.25, -0.2) is 0 Å². The van der Waals surface area contributed by atoms with Crippen molar-refractivity contribution in [3.8, 4) is 0 Å². The summed E-state index contributed by atoms with van der Waals surface area (Å²) in [4.78, 5) is 11.6. The molecule has 1 saturated carbocycles. The molecule has 3 nitrogen and oxygen atoms in total. The molecular formula is C13H25NO2. The molecule has 1 aliphatic rings. The van der Waals surface area contributed by atoms with Gasteiger partial charge < -0.3 is 10.4 Å². The highest BCUT2D eigenvalue weighted by molar-refractivity contribution is 5.78.